The number of likely N-dealkylation sites (tertiary alicyclic amines) is 1. The summed E-state index contributed by atoms with van der Waals surface area (Å²) in [6.07, 6.45) is 2.99. The Hall–Kier alpha value is -3.57. The lowest BCUT2D eigenvalue weighted by atomic mass is 9.93. The molecule has 2 atom stereocenters. The van der Waals surface area contributed by atoms with Crippen LogP contribution in [0.2, 0.25) is 0 Å². The first-order valence-corrected chi connectivity index (χ1v) is 19.7. The van der Waals surface area contributed by atoms with E-state index in [1.54, 1.807) is 20.3 Å². The molecule has 3 aromatic carbocycles. The van der Waals surface area contributed by atoms with E-state index in [0.29, 0.717) is 36.9 Å². The number of aryl methyl sites for hydroxylation is 1. The fourth-order valence-electron chi connectivity index (χ4n) is 5.22. The molecule has 2 N–H and O–H groups in total. The predicted molar refractivity (Wildman–Crippen MR) is 206 cm³/mol. The minimum absolute atomic E-state index is 0.208. The first-order valence-electron chi connectivity index (χ1n) is 17.7. The molecule has 10 heteroatoms. The molecule has 2 unspecified atom stereocenters. The average molecular weight is 715 g/mol. The predicted octanol–water partition coefficient (Wildman–Crippen LogP) is 7.80. The average Bonchev–Trinajstić information content (AvgIpc) is 3.56. The number of carbonyl (C=O) groups excluding carboxylic acids is 1. The fourth-order valence-corrected chi connectivity index (χ4v) is 5.89. The van der Waals surface area contributed by atoms with Gasteiger partial charge in [0.05, 0.1) is 19.0 Å². The molecule has 0 spiro atoms. The smallest absolute Gasteiger partial charge is 0.326 e. The van der Waals surface area contributed by atoms with E-state index in [1.807, 2.05) is 103 Å². The quantitative estimate of drug-likeness (QED) is 0.184. The minimum atomic E-state index is -3.38. The molecular formula is C40H62N2O7S. The molecule has 4 rings (SSSR count). The molecule has 0 radical (unpaired) electrons. The summed E-state index contributed by atoms with van der Waals surface area (Å²) in [5, 5.41) is 12.2. The highest BCUT2D eigenvalue weighted by Gasteiger charge is 2.27. The third-order valence-electron chi connectivity index (χ3n) is 7.45. The maximum absolute atomic E-state index is 13.4. The van der Waals surface area contributed by atoms with E-state index in [1.165, 1.54) is 0 Å². The van der Waals surface area contributed by atoms with Crippen molar-refractivity contribution in [3.8, 4) is 11.1 Å². The number of carbonyl (C=O) groups is 2. The number of methoxy groups -OCH3 is 1. The summed E-state index contributed by atoms with van der Waals surface area (Å²) in [6, 6.07) is 22.5. The summed E-state index contributed by atoms with van der Waals surface area (Å²) < 4.78 is 33.5. The molecule has 1 heterocycles. The number of carboxylic acid groups (broad SMARTS) is 1. The first kappa shape index (κ1) is 46.4. The summed E-state index contributed by atoms with van der Waals surface area (Å²) in [5.74, 6) is -2.16. The van der Waals surface area contributed by atoms with Gasteiger partial charge in [-0.05, 0) is 72.7 Å². The van der Waals surface area contributed by atoms with Gasteiger partial charge in [0.25, 0.3) is 5.91 Å². The van der Waals surface area contributed by atoms with Gasteiger partial charge in [0.2, 0.25) is 0 Å². The highest BCUT2D eigenvalue weighted by atomic mass is 32.2. The Morgan fingerprint density at radius 3 is 2.08 bits per heavy atom. The molecular weight excluding hydrogens is 653 g/mol. The maximum Gasteiger partial charge on any atom is 0.326 e. The van der Waals surface area contributed by atoms with E-state index in [9.17, 15) is 23.1 Å². The van der Waals surface area contributed by atoms with Gasteiger partial charge in [-0.1, -0.05) is 102 Å². The van der Waals surface area contributed by atoms with Crippen LogP contribution in [0.15, 0.2) is 72.8 Å². The van der Waals surface area contributed by atoms with E-state index < -0.39 is 27.8 Å². The van der Waals surface area contributed by atoms with Crippen LogP contribution in [-0.4, -0.2) is 81.8 Å². The zero-order valence-corrected chi connectivity index (χ0v) is 32.8. The van der Waals surface area contributed by atoms with E-state index in [4.69, 9.17) is 4.74 Å². The molecule has 1 saturated heterocycles. The number of benzene rings is 3. The Morgan fingerprint density at radius 1 is 0.900 bits per heavy atom. The topological polar surface area (TPSA) is 122 Å². The van der Waals surface area contributed by atoms with Crippen molar-refractivity contribution in [3.63, 3.8) is 0 Å². The van der Waals surface area contributed by atoms with Crippen molar-refractivity contribution in [2.45, 2.75) is 93.0 Å². The summed E-state index contributed by atoms with van der Waals surface area (Å²) in [6.45, 7) is 16.8. The minimum Gasteiger partial charge on any atom is -0.480 e. The number of aliphatic carboxylic acids is 1. The molecule has 1 fully saturated rings. The molecule has 1 aliphatic rings. The monoisotopic (exact) mass is 714 g/mol. The van der Waals surface area contributed by atoms with E-state index in [2.05, 4.69) is 27.1 Å². The summed E-state index contributed by atoms with van der Waals surface area (Å²) in [4.78, 5) is 27.6. The number of hydrogen-bond donors (Lipinski definition) is 2. The van der Waals surface area contributed by atoms with Crippen LogP contribution >= 0.6 is 0 Å². The maximum atomic E-state index is 13.4. The standard InChI is InChI=1S/C32H38N2O6S.C2H6O.3C2H6/c1-23-9-6-7-13-27(23)29-19-25(14-15-28(29)31(35)33-30(32(36)37)16-18-41(2,38)39)20-34-17-8-12-26(34)22-40-21-24-10-4-3-5-11-24;1-3-2;3*1-2/h3-7,9-11,13-15,19,26,30H,8,12,16-18,20-22H2,1-2H3,(H,33,35)(H,36,37);1-2H3;3*1-2H3. The third-order valence-corrected chi connectivity index (χ3v) is 8.43. The Kier molecular flexibility index (Phi) is 24.4. The van der Waals surface area contributed by atoms with Crippen molar-refractivity contribution >= 4 is 21.7 Å². The second-order valence-electron chi connectivity index (χ2n) is 11.2. The first-order chi connectivity index (χ1) is 24.0. The lowest BCUT2D eigenvalue weighted by Gasteiger charge is -2.25. The molecule has 1 aliphatic heterocycles. The number of hydrogen-bond acceptors (Lipinski definition) is 7. The molecule has 50 heavy (non-hydrogen) atoms. The number of carboxylic acids is 1. The van der Waals surface area contributed by atoms with Crippen LogP contribution in [0.3, 0.4) is 0 Å². The van der Waals surface area contributed by atoms with Crippen LogP contribution in [0.1, 0.15) is 87.9 Å². The van der Waals surface area contributed by atoms with Gasteiger partial charge in [0.15, 0.2) is 0 Å². The van der Waals surface area contributed by atoms with Crippen LogP contribution < -0.4 is 5.32 Å². The third kappa shape index (κ3) is 16.9. The van der Waals surface area contributed by atoms with Crippen LogP contribution in [0.25, 0.3) is 11.1 Å². The number of amides is 1. The molecule has 3 aromatic rings. The molecule has 0 aromatic heterocycles. The fraction of sp³-hybridized carbons (Fsp3) is 0.500. The van der Waals surface area contributed by atoms with E-state index >= 15 is 0 Å². The molecule has 0 bridgehead atoms. The Bertz CT molecular complexity index is 1480. The molecule has 280 valence electrons. The summed E-state index contributed by atoms with van der Waals surface area (Å²) in [7, 11) is -0.130. The number of nitrogens with zero attached hydrogens (tertiary/aromatic N) is 1. The zero-order chi connectivity index (χ0) is 38.1. The van der Waals surface area contributed by atoms with Crippen molar-refractivity contribution in [2.75, 3.05) is 39.4 Å². The molecule has 9 nitrogen and oxygen atoms in total. The van der Waals surface area contributed by atoms with Crippen molar-refractivity contribution in [1.82, 2.24) is 10.2 Å². The number of sulfone groups is 1. The normalized spacial score (nSPS) is 14.2. The second kappa shape index (κ2) is 26.3. The summed E-state index contributed by atoms with van der Waals surface area (Å²) in [5.41, 5.74) is 5.11. The Labute approximate surface area is 302 Å². The number of rotatable bonds is 13. The lowest BCUT2D eigenvalue weighted by molar-refractivity contribution is -0.139. The Morgan fingerprint density at radius 2 is 1.50 bits per heavy atom. The van der Waals surface area contributed by atoms with Crippen molar-refractivity contribution in [2.24, 2.45) is 0 Å². The van der Waals surface area contributed by atoms with E-state index in [0.717, 1.165) is 47.9 Å². The van der Waals surface area contributed by atoms with Crippen LogP contribution in [0.5, 0.6) is 0 Å². The van der Waals surface area contributed by atoms with Crippen LogP contribution in [-0.2, 0) is 37.3 Å². The van der Waals surface area contributed by atoms with Crippen molar-refractivity contribution < 1.29 is 32.6 Å². The van der Waals surface area contributed by atoms with Gasteiger partial charge in [-0.3, -0.25) is 9.69 Å². The van der Waals surface area contributed by atoms with Crippen molar-refractivity contribution in [3.05, 3.63) is 95.1 Å². The molecule has 0 aliphatic carbocycles. The molecule has 0 saturated carbocycles. The highest BCUT2D eigenvalue weighted by Crippen LogP contribution is 2.30. The van der Waals surface area contributed by atoms with Crippen molar-refractivity contribution in [1.29, 1.82) is 0 Å². The Balaban J connectivity index is 0.00000245. The number of nitrogens with one attached hydrogen (secondary N) is 1. The summed E-state index contributed by atoms with van der Waals surface area (Å²) >= 11 is 0. The lowest BCUT2D eigenvalue weighted by Crippen LogP contribution is -2.42. The van der Waals surface area contributed by atoms with E-state index in [-0.39, 0.29) is 12.2 Å². The second-order valence-corrected chi connectivity index (χ2v) is 13.4. The van der Waals surface area contributed by atoms with Gasteiger partial charge < -0.3 is 19.9 Å². The highest BCUT2D eigenvalue weighted by molar-refractivity contribution is 7.90. The largest absolute Gasteiger partial charge is 0.480 e. The van der Waals surface area contributed by atoms with Gasteiger partial charge in [0.1, 0.15) is 15.9 Å². The number of ether oxygens (including phenoxy) is 2. The van der Waals surface area contributed by atoms with Gasteiger partial charge in [0, 0.05) is 38.6 Å². The van der Waals surface area contributed by atoms with Crippen LogP contribution in [0, 0.1) is 6.92 Å². The van der Waals surface area contributed by atoms with Gasteiger partial charge >= 0.3 is 5.97 Å². The SMILES string of the molecule is CC.CC.CC.COC.Cc1ccccc1-c1cc(CN2CCCC2COCc2ccccc2)ccc1C(=O)NC(CCS(C)(=O)=O)C(=O)O. The molecule has 1 amide bonds. The van der Waals surface area contributed by atoms with Gasteiger partial charge in [-0.25, -0.2) is 13.2 Å². The van der Waals surface area contributed by atoms with Gasteiger partial charge in [-0.2, -0.15) is 0 Å². The van der Waals surface area contributed by atoms with Crippen LogP contribution in [0.4, 0.5) is 0 Å². The van der Waals surface area contributed by atoms with Gasteiger partial charge in [-0.15, -0.1) is 0 Å². The zero-order valence-electron chi connectivity index (χ0n) is 32.0.